The Balaban J connectivity index is 3.67. The van der Waals surface area contributed by atoms with E-state index in [2.05, 4.69) is 9.47 Å². The molecule has 11 heavy (non-hydrogen) atoms. The average molecular weight is 161 g/mol. The van der Waals surface area contributed by atoms with Gasteiger partial charge in [0.1, 0.15) is 0 Å². The summed E-state index contributed by atoms with van der Waals surface area (Å²) in [5.41, 5.74) is 0. The third kappa shape index (κ3) is 4.19. The van der Waals surface area contributed by atoms with Crippen molar-refractivity contribution in [3.63, 3.8) is 0 Å². The van der Waals surface area contributed by atoms with Gasteiger partial charge in [-0.3, -0.25) is 0 Å². The minimum absolute atomic E-state index is 0.194. The molecule has 0 aromatic rings. The van der Waals surface area contributed by atoms with Crippen molar-refractivity contribution in [1.82, 2.24) is 4.90 Å². The van der Waals surface area contributed by atoms with Gasteiger partial charge in [0.05, 0.1) is 6.61 Å². The third-order valence-corrected chi connectivity index (χ3v) is 0.798. The molecule has 0 saturated heterocycles. The van der Waals surface area contributed by atoms with Gasteiger partial charge in [-0.15, -0.1) is 0 Å². The van der Waals surface area contributed by atoms with Crippen molar-refractivity contribution in [3.8, 4) is 0 Å². The molecule has 64 valence electrons. The van der Waals surface area contributed by atoms with Crippen molar-refractivity contribution in [2.75, 3.05) is 20.7 Å². The van der Waals surface area contributed by atoms with Gasteiger partial charge in [-0.2, -0.15) is 0 Å². The van der Waals surface area contributed by atoms with Crippen LogP contribution in [-0.2, 0) is 9.47 Å². The van der Waals surface area contributed by atoms with Crippen LogP contribution in [0, 0.1) is 0 Å². The maximum absolute atomic E-state index is 10.6. The van der Waals surface area contributed by atoms with E-state index in [0.717, 1.165) is 4.90 Å². The first-order valence-electron chi connectivity index (χ1n) is 3.13. The van der Waals surface area contributed by atoms with Gasteiger partial charge in [-0.25, -0.2) is 9.59 Å². The number of carbonyl (C=O) groups excluding carboxylic acids is 2. The second kappa shape index (κ2) is 4.54. The Kier molecular flexibility index (Phi) is 4.02. The highest BCUT2D eigenvalue weighted by Gasteiger charge is 2.11. The van der Waals surface area contributed by atoms with Gasteiger partial charge >= 0.3 is 12.2 Å². The van der Waals surface area contributed by atoms with Gasteiger partial charge in [-0.05, 0) is 6.92 Å². The monoisotopic (exact) mass is 161 g/mol. The first-order valence-corrected chi connectivity index (χ1v) is 3.13. The molecule has 0 unspecified atom stereocenters. The first kappa shape index (κ1) is 9.74. The Morgan fingerprint density at radius 3 is 2.27 bits per heavy atom. The molecular weight excluding hydrogens is 150 g/mol. The zero-order valence-electron chi connectivity index (χ0n) is 6.79. The lowest BCUT2D eigenvalue weighted by atomic mass is 10.9. The van der Waals surface area contributed by atoms with Crippen LogP contribution in [0.15, 0.2) is 0 Å². The van der Waals surface area contributed by atoms with Crippen LogP contribution in [0.1, 0.15) is 6.92 Å². The van der Waals surface area contributed by atoms with Crippen LogP contribution < -0.4 is 0 Å². The van der Waals surface area contributed by atoms with Gasteiger partial charge in [0.2, 0.25) is 0 Å². The lowest BCUT2D eigenvalue weighted by molar-refractivity contribution is 0.0691. The molecule has 1 amide bonds. The van der Waals surface area contributed by atoms with Crippen molar-refractivity contribution < 1.29 is 19.1 Å². The molecule has 0 spiro atoms. The summed E-state index contributed by atoms with van der Waals surface area (Å²) >= 11 is 0. The summed E-state index contributed by atoms with van der Waals surface area (Å²) in [6.45, 7) is 1.82. The summed E-state index contributed by atoms with van der Waals surface area (Å²) in [5, 5.41) is 0. The maximum atomic E-state index is 10.6. The summed E-state index contributed by atoms with van der Waals surface area (Å²) < 4.78 is 8.53. The Morgan fingerprint density at radius 1 is 1.36 bits per heavy atom. The second-order valence-electron chi connectivity index (χ2n) is 1.95. The fourth-order valence-corrected chi connectivity index (χ4v) is 0.310. The van der Waals surface area contributed by atoms with Crippen molar-refractivity contribution in [1.29, 1.82) is 0 Å². The molecule has 5 heteroatoms. The van der Waals surface area contributed by atoms with Crippen LogP contribution in [0.25, 0.3) is 0 Å². The molecule has 0 aliphatic rings. The highest BCUT2D eigenvalue weighted by molar-refractivity contribution is 5.80. The predicted octanol–water partition coefficient (Wildman–Crippen LogP) is 0.841. The van der Waals surface area contributed by atoms with E-state index in [0.29, 0.717) is 0 Å². The van der Waals surface area contributed by atoms with E-state index >= 15 is 0 Å². The van der Waals surface area contributed by atoms with Crippen molar-refractivity contribution in [2.45, 2.75) is 6.92 Å². The fourth-order valence-electron chi connectivity index (χ4n) is 0.310. The van der Waals surface area contributed by atoms with Crippen molar-refractivity contribution in [2.24, 2.45) is 0 Å². The lowest BCUT2D eigenvalue weighted by Gasteiger charge is -2.08. The van der Waals surface area contributed by atoms with Crippen LogP contribution >= 0.6 is 0 Å². The average Bonchev–Trinajstić information content (AvgIpc) is 1.87. The minimum Gasteiger partial charge on any atom is -0.434 e. The Bertz CT molecular complexity index is 155. The van der Waals surface area contributed by atoms with Gasteiger partial charge in [0.25, 0.3) is 0 Å². The van der Waals surface area contributed by atoms with Crippen LogP contribution in [-0.4, -0.2) is 37.9 Å². The molecule has 0 bridgehead atoms. The molecular formula is C6H11NO4. The Morgan fingerprint density at radius 2 is 1.91 bits per heavy atom. The zero-order chi connectivity index (χ0) is 8.85. The van der Waals surface area contributed by atoms with Crippen LogP contribution in [0.5, 0.6) is 0 Å². The smallest absolute Gasteiger partial charge is 0.434 e. The van der Waals surface area contributed by atoms with E-state index in [1.165, 1.54) is 14.1 Å². The molecule has 0 fully saturated rings. The van der Waals surface area contributed by atoms with Crippen LogP contribution in [0.3, 0.4) is 0 Å². The number of hydrogen-bond donors (Lipinski definition) is 0. The van der Waals surface area contributed by atoms with Crippen LogP contribution in [0.2, 0.25) is 0 Å². The molecule has 0 saturated carbocycles. The van der Waals surface area contributed by atoms with Gasteiger partial charge in [-0.1, -0.05) is 0 Å². The lowest BCUT2D eigenvalue weighted by Crippen LogP contribution is -2.25. The number of amides is 1. The van der Waals surface area contributed by atoms with E-state index < -0.39 is 12.2 Å². The normalized spacial score (nSPS) is 8.64. The molecule has 0 atom stereocenters. The van der Waals surface area contributed by atoms with E-state index in [9.17, 15) is 9.59 Å². The van der Waals surface area contributed by atoms with Gasteiger partial charge < -0.3 is 14.4 Å². The number of rotatable bonds is 1. The van der Waals surface area contributed by atoms with E-state index in [4.69, 9.17) is 0 Å². The largest absolute Gasteiger partial charge is 0.517 e. The number of ether oxygens (including phenoxy) is 2. The summed E-state index contributed by atoms with van der Waals surface area (Å²) in [6, 6.07) is 0. The zero-order valence-corrected chi connectivity index (χ0v) is 6.79. The molecule has 0 aromatic heterocycles. The van der Waals surface area contributed by atoms with Crippen LogP contribution in [0.4, 0.5) is 9.59 Å². The molecule has 0 radical (unpaired) electrons. The predicted molar refractivity (Wildman–Crippen MR) is 37.2 cm³/mol. The molecule has 0 aliphatic heterocycles. The summed E-state index contributed by atoms with van der Waals surface area (Å²) in [6.07, 6.45) is -1.70. The summed E-state index contributed by atoms with van der Waals surface area (Å²) in [5.74, 6) is 0. The molecule has 0 N–H and O–H groups in total. The first-order chi connectivity index (χ1) is 5.07. The third-order valence-electron chi connectivity index (χ3n) is 0.798. The number of carbonyl (C=O) groups is 2. The molecule has 0 aliphatic carbocycles. The molecule has 0 heterocycles. The number of nitrogens with zero attached hydrogens (tertiary/aromatic N) is 1. The quantitative estimate of drug-likeness (QED) is 0.422. The molecule has 5 nitrogen and oxygen atoms in total. The van der Waals surface area contributed by atoms with E-state index in [1.807, 2.05) is 0 Å². The van der Waals surface area contributed by atoms with Gasteiger partial charge in [0.15, 0.2) is 0 Å². The second-order valence-corrected chi connectivity index (χ2v) is 1.95. The molecule has 0 aromatic carbocycles. The molecule has 0 rings (SSSR count). The topological polar surface area (TPSA) is 55.8 Å². The Hall–Kier alpha value is -1.26. The van der Waals surface area contributed by atoms with Crippen molar-refractivity contribution in [3.05, 3.63) is 0 Å². The minimum atomic E-state index is -0.966. The highest BCUT2D eigenvalue weighted by atomic mass is 16.7. The SMILES string of the molecule is CCOC(=O)OC(=O)N(C)C. The maximum Gasteiger partial charge on any atom is 0.517 e. The van der Waals surface area contributed by atoms with E-state index in [1.54, 1.807) is 6.92 Å². The van der Waals surface area contributed by atoms with E-state index in [-0.39, 0.29) is 6.61 Å². The summed E-state index contributed by atoms with van der Waals surface area (Å²) in [7, 11) is 2.95. The standard InChI is InChI=1S/C6H11NO4/c1-4-10-6(9)11-5(8)7(2)3/h4H2,1-3H3. The Labute approximate surface area is 64.9 Å². The number of hydrogen-bond acceptors (Lipinski definition) is 4. The van der Waals surface area contributed by atoms with Crippen molar-refractivity contribution >= 4 is 12.2 Å². The van der Waals surface area contributed by atoms with Gasteiger partial charge in [0, 0.05) is 14.1 Å². The fraction of sp³-hybridized carbons (Fsp3) is 0.667. The highest BCUT2D eigenvalue weighted by Crippen LogP contribution is 1.89. The summed E-state index contributed by atoms with van der Waals surface area (Å²) in [4.78, 5) is 22.2.